The van der Waals surface area contributed by atoms with Crippen LogP contribution < -0.4 is 9.64 Å². The van der Waals surface area contributed by atoms with E-state index < -0.39 is 0 Å². The molecule has 0 saturated carbocycles. The van der Waals surface area contributed by atoms with Gasteiger partial charge in [-0.05, 0) is 12.1 Å². The monoisotopic (exact) mass is 150 g/mol. The number of hydrogen-bond donors (Lipinski definition) is 0. The minimum Gasteiger partial charge on any atom is -0.490 e. The van der Waals surface area contributed by atoms with E-state index in [1.54, 1.807) is 0 Å². The average Bonchev–Trinajstić information content (AvgIpc) is 2.05. The molecule has 11 heavy (non-hydrogen) atoms. The van der Waals surface area contributed by atoms with Gasteiger partial charge in [0.05, 0.1) is 0 Å². The number of ether oxygens (including phenoxy) is 1. The summed E-state index contributed by atoms with van der Waals surface area (Å²) in [6.07, 6.45) is 0. The summed E-state index contributed by atoms with van der Waals surface area (Å²) in [4.78, 5) is 2.02. The van der Waals surface area contributed by atoms with Gasteiger partial charge in [0.2, 0.25) is 0 Å². The molecule has 0 bridgehead atoms. The molecule has 1 aromatic carbocycles. The molecule has 2 heteroatoms. The fourth-order valence-electron chi connectivity index (χ4n) is 0.851. The van der Waals surface area contributed by atoms with Gasteiger partial charge in [-0.25, -0.2) is 0 Å². The summed E-state index contributed by atoms with van der Waals surface area (Å²) in [5.74, 6) is 0.788. The van der Waals surface area contributed by atoms with Crippen LogP contribution in [0.5, 0.6) is 5.75 Å². The van der Waals surface area contributed by atoms with Gasteiger partial charge in [0.15, 0.2) is 0 Å². The van der Waals surface area contributed by atoms with E-state index in [2.05, 4.69) is 7.11 Å². The fourth-order valence-corrected chi connectivity index (χ4v) is 0.851. The van der Waals surface area contributed by atoms with Crippen molar-refractivity contribution in [2.24, 2.45) is 0 Å². The van der Waals surface area contributed by atoms with E-state index in [-0.39, 0.29) is 0 Å². The predicted octanol–water partition coefficient (Wildman–Crippen LogP) is 1.92. The first-order chi connectivity index (χ1) is 5.24. The molecule has 1 radical (unpaired) electrons. The molecule has 0 fully saturated rings. The highest BCUT2D eigenvalue weighted by atomic mass is 16.5. The molecule has 0 heterocycles. The minimum absolute atomic E-state index is 0.788. The van der Waals surface area contributed by atoms with Crippen LogP contribution >= 0.6 is 0 Å². The molecular formula is C9H12NO. The van der Waals surface area contributed by atoms with Gasteiger partial charge in [-0.1, -0.05) is 6.07 Å². The molecule has 0 atom stereocenters. The molecule has 0 saturated heterocycles. The molecule has 0 aliphatic rings. The van der Waals surface area contributed by atoms with E-state index in [1.165, 1.54) is 0 Å². The number of hydrogen-bond acceptors (Lipinski definition) is 2. The summed E-state index contributed by atoms with van der Waals surface area (Å²) in [7, 11) is 7.31. The first-order valence-corrected chi connectivity index (χ1v) is 3.43. The predicted molar refractivity (Wildman–Crippen MR) is 46.8 cm³/mol. The SMILES string of the molecule is [CH2]Oc1cccc(N(C)C)c1. The van der Waals surface area contributed by atoms with Crippen LogP contribution in [0.4, 0.5) is 5.69 Å². The maximum Gasteiger partial charge on any atom is 0.122 e. The van der Waals surface area contributed by atoms with Crippen LogP contribution in [0, 0.1) is 7.11 Å². The van der Waals surface area contributed by atoms with Crippen molar-refractivity contribution in [1.82, 2.24) is 0 Å². The zero-order valence-corrected chi connectivity index (χ0v) is 6.87. The van der Waals surface area contributed by atoms with E-state index in [0.717, 1.165) is 11.4 Å². The lowest BCUT2D eigenvalue weighted by molar-refractivity contribution is 0.473. The molecule has 0 unspecified atom stereocenters. The lowest BCUT2D eigenvalue weighted by atomic mass is 10.3. The smallest absolute Gasteiger partial charge is 0.122 e. The van der Waals surface area contributed by atoms with Gasteiger partial charge >= 0.3 is 0 Å². The van der Waals surface area contributed by atoms with Crippen molar-refractivity contribution in [3.05, 3.63) is 31.4 Å². The van der Waals surface area contributed by atoms with Gasteiger partial charge < -0.3 is 9.64 Å². The van der Waals surface area contributed by atoms with Crippen LogP contribution in [-0.4, -0.2) is 14.1 Å². The summed E-state index contributed by atoms with van der Waals surface area (Å²) >= 11 is 0. The molecule has 0 aliphatic heterocycles. The van der Waals surface area contributed by atoms with Crippen LogP contribution in [-0.2, 0) is 0 Å². The summed E-state index contributed by atoms with van der Waals surface area (Å²) < 4.78 is 4.83. The van der Waals surface area contributed by atoms with E-state index in [1.807, 2.05) is 43.3 Å². The van der Waals surface area contributed by atoms with Crippen LogP contribution in [0.1, 0.15) is 0 Å². The van der Waals surface area contributed by atoms with Gasteiger partial charge in [-0.2, -0.15) is 0 Å². The Morgan fingerprint density at radius 2 is 2.09 bits per heavy atom. The molecule has 1 rings (SSSR count). The van der Waals surface area contributed by atoms with Crippen LogP contribution in [0.15, 0.2) is 24.3 Å². The molecule has 59 valence electrons. The first kappa shape index (κ1) is 7.92. The molecule has 0 aliphatic carbocycles. The van der Waals surface area contributed by atoms with Gasteiger partial charge in [-0.3, -0.25) is 0 Å². The van der Waals surface area contributed by atoms with E-state index in [4.69, 9.17) is 4.74 Å². The molecule has 2 nitrogen and oxygen atoms in total. The average molecular weight is 150 g/mol. The summed E-state index contributed by atoms with van der Waals surface area (Å²) in [5.41, 5.74) is 1.12. The topological polar surface area (TPSA) is 12.5 Å². The van der Waals surface area contributed by atoms with Crippen molar-refractivity contribution in [2.45, 2.75) is 0 Å². The highest BCUT2D eigenvalue weighted by Crippen LogP contribution is 2.18. The standard InChI is InChI=1S/C9H12NO/c1-10(2)8-5-4-6-9(7-8)11-3/h4-7H,3H2,1-2H3. The quantitative estimate of drug-likeness (QED) is 0.638. The Morgan fingerprint density at radius 1 is 1.36 bits per heavy atom. The second kappa shape index (κ2) is 3.28. The first-order valence-electron chi connectivity index (χ1n) is 3.43. The molecule has 0 aromatic heterocycles. The lowest BCUT2D eigenvalue weighted by Crippen LogP contribution is -2.08. The minimum atomic E-state index is 0.788. The van der Waals surface area contributed by atoms with Crippen LogP contribution in [0.25, 0.3) is 0 Å². The highest BCUT2D eigenvalue weighted by Gasteiger charge is 1.95. The Kier molecular flexibility index (Phi) is 2.36. The van der Waals surface area contributed by atoms with E-state index >= 15 is 0 Å². The summed E-state index contributed by atoms with van der Waals surface area (Å²) in [6, 6.07) is 7.77. The van der Waals surface area contributed by atoms with Crippen LogP contribution in [0.3, 0.4) is 0 Å². The van der Waals surface area contributed by atoms with Gasteiger partial charge in [-0.15, -0.1) is 0 Å². The van der Waals surface area contributed by atoms with Gasteiger partial charge in [0.1, 0.15) is 12.9 Å². The molecule has 0 amide bonds. The number of benzene rings is 1. The number of nitrogens with zero attached hydrogens (tertiary/aromatic N) is 1. The number of anilines is 1. The normalized spacial score (nSPS) is 9.36. The Hall–Kier alpha value is -1.18. The Balaban J connectivity index is 2.91. The largest absolute Gasteiger partial charge is 0.490 e. The third-order valence-corrected chi connectivity index (χ3v) is 1.50. The fraction of sp³-hybridized carbons (Fsp3) is 0.222. The molecule has 1 aromatic rings. The molecule has 0 spiro atoms. The van der Waals surface area contributed by atoms with Crippen molar-refractivity contribution >= 4 is 5.69 Å². The third kappa shape index (κ3) is 1.87. The number of rotatable bonds is 2. The van der Waals surface area contributed by atoms with Crippen molar-refractivity contribution < 1.29 is 4.74 Å². The second-order valence-electron chi connectivity index (χ2n) is 2.54. The van der Waals surface area contributed by atoms with Gasteiger partial charge in [0.25, 0.3) is 0 Å². The zero-order chi connectivity index (χ0) is 8.27. The summed E-state index contributed by atoms with van der Waals surface area (Å²) in [6.45, 7) is 0. The Labute approximate surface area is 67.4 Å². The third-order valence-electron chi connectivity index (χ3n) is 1.50. The zero-order valence-electron chi connectivity index (χ0n) is 6.87. The van der Waals surface area contributed by atoms with Crippen molar-refractivity contribution in [1.29, 1.82) is 0 Å². The van der Waals surface area contributed by atoms with E-state index in [0.29, 0.717) is 0 Å². The summed E-state index contributed by atoms with van der Waals surface area (Å²) in [5, 5.41) is 0. The van der Waals surface area contributed by atoms with Crippen molar-refractivity contribution in [3.63, 3.8) is 0 Å². The maximum atomic E-state index is 4.83. The van der Waals surface area contributed by atoms with Crippen molar-refractivity contribution in [2.75, 3.05) is 19.0 Å². The highest BCUT2D eigenvalue weighted by molar-refractivity contribution is 5.49. The molecular weight excluding hydrogens is 138 g/mol. The van der Waals surface area contributed by atoms with Crippen molar-refractivity contribution in [3.8, 4) is 5.75 Å². The lowest BCUT2D eigenvalue weighted by Gasteiger charge is -2.12. The molecule has 0 N–H and O–H groups in total. The van der Waals surface area contributed by atoms with E-state index in [9.17, 15) is 0 Å². The Bertz CT molecular complexity index is 233. The second-order valence-corrected chi connectivity index (χ2v) is 2.54. The Morgan fingerprint density at radius 3 is 2.64 bits per heavy atom. The maximum absolute atomic E-state index is 4.83. The van der Waals surface area contributed by atoms with Crippen LogP contribution in [0.2, 0.25) is 0 Å². The van der Waals surface area contributed by atoms with Gasteiger partial charge in [0, 0.05) is 25.8 Å².